The number of carbonyl (C=O) groups is 1. The molecule has 0 aliphatic carbocycles. The van der Waals surface area contributed by atoms with Gasteiger partial charge in [0, 0.05) is 9.13 Å². The Morgan fingerprint density at radius 2 is 1.77 bits per heavy atom. The molecule has 2 aromatic carbocycles. The monoisotopic (exact) mass is 406 g/mol. The highest BCUT2D eigenvalue weighted by Gasteiger charge is 2.12. The number of ether oxygens (including phenoxy) is 1. The highest BCUT2D eigenvalue weighted by molar-refractivity contribution is 14.1. The number of hydrogen-bond acceptors (Lipinski definition) is 5. The number of halogens is 1. The van der Waals surface area contributed by atoms with Gasteiger partial charge in [0.25, 0.3) is 5.89 Å². The smallest absolute Gasteiger partial charge is 0.338 e. The van der Waals surface area contributed by atoms with Crippen molar-refractivity contribution in [3.63, 3.8) is 0 Å². The van der Waals surface area contributed by atoms with Crippen LogP contribution in [0, 0.1) is 3.57 Å². The van der Waals surface area contributed by atoms with E-state index in [2.05, 4.69) is 32.8 Å². The molecule has 0 fully saturated rings. The van der Waals surface area contributed by atoms with E-state index in [1.54, 1.807) is 12.1 Å². The van der Waals surface area contributed by atoms with E-state index in [9.17, 15) is 4.79 Å². The van der Waals surface area contributed by atoms with Crippen molar-refractivity contribution in [2.45, 2.75) is 6.61 Å². The molecule has 3 rings (SSSR count). The SMILES string of the molecule is O=C(OCc1nnc(-c2ccccc2)o1)c1ccc(I)cc1. The number of rotatable bonds is 4. The van der Waals surface area contributed by atoms with Crippen LogP contribution < -0.4 is 0 Å². The molecule has 0 aliphatic rings. The summed E-state index contributed by atoms with van der Waals surface area (Å²) < 4.78 is 11.7. The summed E-state index contributed by atoms with van der Waals surface area (Å²) in [4.78, 5) is 11.9. The third-order valence-electron chi connectivity index (χ3n) is 2.89. The molecule has 110 valence electrons. The van der Waals surface area contributed by atoms with E-state index in [0.29, 0.717) is 11.5 Å². The summed E-state index contributed by atoms with van der Waals surface area (Å²) in [5.41, 5.74) is 1.31. The standard InChI is InChI=1S/C16H11IN2O3/c17-13-8-6-12(7-9-13)16(20)21-10-14-18-19-15(22-14)11-4-2-1-3-5-11/h1-9H,10H2. The Bertz CT molecular complexity index is 770. The van der Waals surface area contributed by atoms with E-state index in [-0.39, 0.29) is 12.5 Å². The summed E-state index contributed by atoms with van der Waals surface area (Å²) in [6.45, 7) is -0.0509. The lowest BCUT2D eigenvalue weighted by Gasteiger charge is -2.01. The van der Waals surface area contributed by atoms with Crippen LogP contribution in [-0.4, -0.2) is 16.2 Å². The third-order valence-corrected chi connectivity index (χ3v) is 3.61. The molecule has 0 saturated heterocycles. The molecule has 1 heterocycles. The van der Waals surface area contributed by atoms with Gasteiger partial charge in [-0.05, 0) is 59.0 Å². The Labute approximate surface area is 140 Å². The van der Waals surface area contributed by atoms with Crippen molar-refractivity contribution in [2.24, 2.45) is 0 Å². The summed E-state index contributed by atoms with van der Waals surface area (Å²) in [5.74, 6) is 0.245. The first kappa shape index (κ1) is 14.7. The summed E-state index contributed by atoms with van der Waals surface area (Å²) in [5, 5.41) is 7.82. The second kappa shape index (κ2) is 6.69. The number of nitrogens with zero attached hydrogens (tertiary/aromatic N) is 2. The molecular weight excluding hydrogens is 395 g/mol. The van der Waals surface area contributed by atoms with Gasteiger partial charge in [0.1, 0.15) is 0 Å². The van der Waals surface area contributed by atoms with Crippen molar-refractivity contribution in [2.75, 3.05) is 0 Å². The quantitative estimate of drug-likeness (QED) is 0.489. The maximum absolute atomic E-state index is 11.9. The minimum absolute atomic E-state index is 0.0509. The molecule has 0 amide bonds. The van der Waals surface area contributed by atoms with E-state index in [0.717, 1.165) is 9.13 Å². The molecule has 0 N–H and O–H groups in total. The summed E-state index contributed by atoms with van der Waals surface area (Å²) in [7, 11) is 0. The van der Waals surface area contributed by atoms with Crippen molar-refractivity contribution < 1.29 is 13.9 Å². The molecule has 0 aliphatic heterocycles. The van der Waals surface area contributed by atoms with E-state index < -0.39 is 5.97 Å². The van der Waals surface area contributed by atoms with Crippen LogP contribution in [0.3, 0.4) is 0 Å². The molecule has 5 nitrogen and oxygen atoms in total. The van der Waals surface area contributed by atoms with E-state index in [1.807, 2.05) is 42.5 Å². The zero-order valence-electron chi connectivity index (χ0n) is 11.4. The van der Waals surface area contributed by atoms with Gasteiger partial charge in [-0.25, -0.2) is 4.79 Å². The lowest BCUT2D eigenvalue weighted by atomic mass is 10.2. The van der Waals surface area contributed by atoms with Crippen LogP contribution in [0.15, 0.2) is 59.0 Å². The molecule has 0 radical (unpaired) electrons. The molecule has 6 heteroatoms. The maximum atomic E-state index is 11.9. The van der Waals surface area contributed by atoms with Crippen LogP contribution in [0.4, 0.5) is 0 Å². The maximum Gasteiger partial charge on any atom is 0.338 e. The predicted molar refractivity (Wildman–Crippen MR) is 88.0 cm³/mol. The van der Waals surface area contributed by atoms with Crippen LogP contribution in [0.25, 0.3) is 11.5 Å². The van der Waals surface area contributed by atoms with Gasteiger partial charge in [0.05, 0.1) is 5.56 Å². The molecular formula is C16H11IN2O3. The van der Waals surface area contributed by atoms with E-state index in [4.69, 9.17) is 9.15 Å². The third kappa shape index (κ3) is 3.51. The van der Waals surface area contributed by atoms with Crippen molar-refractivity contribution >= 4 is 28.6 Å². The van der Waals surface area contributed by atoms with Gasteiger partial charge >= 0.3 is 5.97 Å². The van der Waals surface area contributed by atoms with Crippen molar-refractivity contribution in [3.8, 4) is 11.5 Å². The zero-order valence-corrected chi connectivity index (χ0v) is 13.6. The normalized spacial score (nSPS) is 10.4. The molecule has 0 saturated carbocycles. The molecule has 0 atom stereocenters. The lowest BCUT2D eigenvalue weighted by molar-refractivity contribution is 0.0438. The van der Waals surface area contributed by atoms with Crippen LogP contribution >= 0.6 is 22.6 Å². The van der Waals surface area contributed by atoms with Gasteiger partial charge in [0.2, 0.25) is 5.89 Å². The van der Waals surface area contributed by atoms with Gasteiger partial charge < -0.3 is 9.15 Å². The second-order valence-electron chi connectivity index (χ2n) is 4.45. The van der Waals surface area contributed by atoms with Gasteiger partial charge in [-0.1, -0.05) is 18.2 Å². The Balaban J connectivity index is 1.64. The average molecular weight is 406 g/mol. The second-order valence-corrected chi connectivity index (χ2v) is 5.70. The zero-order chi connectivity index (χ0) is 15.4. The fraction of sp³-hybridized carbons (Fsp3) is 0.0625. The van der Waals surface area contributed by atoms with Crippen LogP contribution in [-0.2, 0) is 11.3 Å². The van der Waals surface area contributed by atoms with Crippen LogP contribution in [0.1, 0.15) is 16.2 Å². The first-order chi connectivity index (χ1) is 10.7. The molecule has 22 heavy (non-hydrogen) atoms. The Kier molecular flexibility index (Phi) is 4.47. The fourth-order valence-corrected chi connectivity index (χ4v) is 2.17. The number of aromatic nitrogens is 2. The van der Waals surface area contributed by atoms with Gasteiger partial charge in [0.15, 0.2) is 6.61 Å². The highest BCUT2D eigenvalue weighted by atomic mass is 127. The Morgan fingerprint density at radius 1 is 1.05 bits per heavy atom. The Hall–Kier alpha value is -2.22. The topological polar surface area (TPSA) is 65.2 Å². The molecule has 3 aromatic rings. The summed E-state index contributed by atoms with van der Waals surface area (Å²) in [6.07, 6.45) is 0. The van der Waals surface area contributed by atoms with Crippen molar-refractivity contribution in [1.29, 1.82) is 0 Å². The largest absolute Gasteiger partial charge is 0.452 e. The lowest BCUT2D eigenvalue weighted by Crippen LogP contribution is -2.05. The first-order valence-corrected chi connectivity index (χ1v) is 7.61. The summed E-state index contributed by atoms with van der Waals surface area (Å²) in [6, 6.07) is 16.5. The minimum atomic E-state index is -0.420. The van der Waals surface area contributed by atoms with Gasteiger partial charge in [-0.3, -0.25) is 0 Å². The number of esters is 1. The van der Waals surface area contributed by atoms with Crippen LogP contribution in [0.5, 0.6) is 0 Å². The average Bonchev–Trinajstić information content (AvgIpc) is 3.03. The van der Waals surface area contributed by atoms with Gasteiger partial charge in [-0.2, -0.15) is 0 Å². The highest BCUT2D eigenvalue weighted by Crippen LogP contribution is 2.17. The predicted octanol–water partition coefficient (Wildman–Crippen LogP) is 3.70. The molecule has 0 unspecified atom stereocenters. The van der Waals surface area contributed by atoms with Crippen molar-refractivity contribution in [3.05, 3.63) is 69.6 Å². The minimum Gasteiger partial charge on any atom is -0.452 e. The number of carbonyl (C=O) groups excluding carboxylic acids is 1. The van der Waals surface area contributed by atoms with E-state index >= 15 is 0 Å². The molecule has 0 spiro atoms. The molecule has 1 aromatic heterocycles. The summed E-state index contributed by atoms with van der Waals surface area (Å²) >= 11 is 2.17. The number of hydrogen-bond donors (Lipinski definition) is 0. The van der Waals surface area contributed by atoms with Gasteiger partial charge in [-0.15, -0.1) is 10.2 Å². The Morgan fingerprint density at radius 3 is 2.50 bits per heavy atom. The van der Waals surface area contributed by atoms with E-state index in [1.165, 1.54) is 0 Å². The fourth-order valence-electron chi connectivity index (χ4n) is 1.81. The van der Waals surface area contributed by atoms with Crippen LogP contribution in [0.2, 0.25) is 0 Å². The van der Waals surface area contributed by atoms with Crippen molar-refractivity contribution in [1.82, 2.24) is 10.2 Å². The first-order valence-electron chi connectivity index (χ1n) is 6.53. The number of benzene rings is 2. The molecule has 0 bridgehead atoms.